The van der Waals surface area contributed by atoms with Gasteiger partial charge in [0, 0.05) is 68.2 Å². The Morgan fingerprint density at radius 2 is 1.70 bits per heavy atom. The molecule has 2 aliphatic heterocycles. The molecule has 0 N–H and O–H groups in total. The molecule has 0 radical (unpaired) electrons. The largest absolute Gasteiger partial charge is 0.379 e. The fourth-order valence-corrected chi connectivity index (χ4v) is 4.55. The molecule has 2 fully saturated rings. The smallest absolute Gasteiger partial charge is 0.0594 e. The molecule has 0 saturated carbocycles. The Hall–Kier alpha value is -0.460. The van der Waals surface area contributed by atoms with Crippen molar-refractivity contribution in [3.05, 3.63) is 21.9 Å². The second-order valence-corrected chi connectivity index (χ2v) is 8.05. The van der Waals surface area contributed by atoms with Crippen molar-refractivity contribution < 1.29 is 4.74 Å². The summed E-state index contributed by atoms with van der Waals surface area (Å²) in [4.78, 5) is 10.9. The van der Waals surface area contributed by atoms with E-state index in [2.05, 4.69) is 40.7 Å². The quantitative estimate of drug-likeness (QED) is 0.792. The molecule has 0 aliphatic carbocycles. The van der Waals surface area contributed by atoms with Crippen molar-refractivity contribution in [3.63, 3.8) is 0 Å². The number of hydrogen-bond acceptors (Lipinski definition) is 5. The minimum absolute atomic E-state index is 0.656. The van der Waals surface area contributed by atoms with Crippen LogP contribution in [0.2, 0.25) is 0 Å². The van der Waals surface area contributed by atoms with Crippen LogP contribution in [0.3, 0.4) is 0 Å². The molecule has 1 aromatic rings. The zero-order valence-corrected chi connectivity index (χ0v) is 15.5. The number of aryl methyl sites for hydroxylation is 1. The van der Waals surface area contributed by atoms with Gasteiger partial charge >= 0.3 is 0 Å². The van der Waals surface area contributed by atoms with Crippen molar-refractivity contribution in [2.24, 2.45) is 0 Å². The molecule has 3 rings (SSSR count). The molecule has 0 aromatic carbocycles. The van der Waals surface area contributed by atoms with Gasteiger partial charge in [-0.05, 0) is 25.5 Å². The maximum atomic E-state index is 5.45. The van der Waals surface area contributed by atoms with Gasteiger partial charge in [-0.1, -0.05) is 6.92 Å². The fourth-order valence-electron chi connectivity index (χ4n) is 3.55. The summed E-state index contributed by atoms with van der Waals surface area (Å²) in [6.45, 7) is 15.8. The first-order valence-electron chi connectivity index (χ1n) is 9.08. The highest BCUT2D eigenvalue weighted by Crippen LogP contribution is 2.20. The summed E-state index contributed by atoms with van der Waals surface area (Å²) in [5, 5.41) is 0. The number of hydrogen-bond donors (Lipinski definition) is 0. The first kappa shape index (κ1) is 17.4. The SMILES string of the molecule is CCc1ccc(CN2CCN(C(C)CN3CCOCC3)CC2)s1. The normalized spacial score (nSPS) is 23.2. The predicted octanol–water partition coefficient (Wildman–Crippen LogP) is 2.15. The molecule has 1 unspecified atom stereocenters. The number of thiophene rings is 1. The van der Waals surface area contributed by atoms with Crippen LogP contribution >= 0.6 is 11.3 Å². The molecule has 2 aliphatic rings. The van der Waals surface area contributed by atoms with Gasteiger partial charge in [0.1, 0.15) is 0 Å². The van der Waals surface area contributed by atoms with Gasteiger partial charge in [0.15, 0.2) is 0 Å². The van der Waals surface area contributed by atoms with E-state index in [4.69, 9.17) is 4.74 Å². The summed E-state index contributed by atoms with van der Waals surface area (Å²) >= 11 is 1.98. The average Bonchev–Trinajstić information content (AvgIpc) is 3.04. The Bertz CT molecular complexity index is 465. The van der Waals surface area contributed by atoms with Crippen LogP contribution in [0.25, 0.3) is 0 Å². The van der Waals surface area contributed by atoms with Crippen molar-refractivity contribution in [3.8, 4) is 0 Å². The molecule has 1 aromatic heterocycles. The minimum Gasteiger partial charge on any atom is -0.379 e. The van der Waals surface area contributed by atoms with Crippen LogP contribution in [0.1, 0.15) is 23.6 Å². The van der Waals surface area contributed by atoms with Crippen molar-refractivity contribution in [1.82, 2.24) is 14.7 Å². The number of morpholine rings is 1. The van der Waals surface area contributed by atoms with Crippen LogP contribution in [0.5, 0.6) is 0 Å². The third-order valence-electron chi connectivity index (χ3n) is 5.10. The number of nitrogens with zero attached hydrogens (tertiary/aromatic N) is 3. The Labute approximate surface area is 145 Å². The first-order valence-corrected chi connectivity index (χ1v) is 9.90. The Balaban J connectivity index is 1.40. The van der Waals surface area contributed by atoms with Crippen molar-refractivity contribution in [1.29, 1.82) is 0 Å². The average molecular weight is 338 g/mol. The summed E-state index contributed by atoms with van der Waals surface area (Å²) in [6, 6.07) is 5.26. The van der Waals surface area contributed by atoms with Gasteiger partial charge in [-0.2, -0.15) is 0 Å². The van der Waals surface area contributed by atoms with Crippen LogP contribution in [-0.2, 0) is 17.7 Å². The third kappa shape index (κ3) is 5.00. The number of piperazine rings is 1. The second kappa shape index (κ2) is 8.58. The Morgan fingerprint density at radius 3 is 2.35 bits per heavy atom. The van der Waals surface area contributed by atoms with Gasteiger partial charge in [0.05, 0.1) is 13.2 Å². The molecule has 0 bridgehead atoms. The molecule has 5 heteroatoms. The molecule has 2 saturated heterocycles. The summed E-state index contributed by atoms with van der Waals surface area (Å²) in [6.07, 6.45) is 1.16. The molecule has 1 atom stereocenters. The van der Waals surface area contributed by atoms with Crippen LogP contribution in [0.15, 0.2) is 12.1 Å². The van der Waals surface area contributed by atoms with Gasteiger partial charge in [-0.3, -0.25) is 14.7 Å². The maximum Gasteiger partial charge on any atom is 0.0594 e. The van der Waals surface area contributed by atoms with E-state index >= 15 is 0 Å². The Morgan fingerprint density at radius 1 is 1.00 bits per heavy atom. The van der Waals surface area contributed by atoms with Crippen molar-refractivity contribution >= 4 is 11.3 Å². The lowest BCUT2D eigenvalue weighted by molar-refractivity contribution is 0.0172. The molecule has 0 amide bonds. The van der Waals surface area contributed by atoms with E-state index in [-0.39, 0.29) is 0 Å². The van der Waals surface area contributed by atoms with Gasteiger partial charge in [0.2, 0.25) is 0 Å². The lowest BCUT2D eigenvalue weighted by atomic mass is 10.2. The standard InChI is InChI=1S/C18H31N3OS/c1-3-17-4-5-18(23-17)15-19-6-8-21(9-7-19)16(2)14-20-10-12-22-13-11-20/h4-5,16H,3,6-15H2,1-2H3. The van der Waals surface area contributed by atoms with E-state index in [1.165, 1.54) is 42.5 Å². The summed E-state index contributed by atoms with van der Waals surface area (Å²) < 4.78 is 5.45. The minimum atomic E-state index is 0.656. The molecular formula is C18H31N3OS. The monoisotopic (exact) mass is 337 g/mol. The van der Waals surface area contributed by atoms with Gasteiger partial charge in [-0.15, -0.1) is 11.3 Å². The zero-order valence-electron chi connectivity index (χ0n) is 14.7. The zero-order chi connectivity index (χ0) is 16.1. The highest BCUT2D eigenvalue weighted by molar-refractivity contribution is 7.11. The Kier molecular flexibility index (Phi) is 6.48. The van der Waals surface area contributed by atoms with E-state index in [1.54, 1.807) is 0 Å². The molecular weight excluding hydrogens is 306 g/mol. The van der Waals surface area contributed by atoms with Crippen LogP contribution in [0.4, 0.5) is 0 Å². The van der Waals surface area contributed by atoms with E-state index in [0.29, 0.717) is 6.04 Å². The van der Waals surface area contributed by atoms with Crippen molar-refractivity contribution in [2.45, 2.75) is 32.9 Å². The van der Waals surface area contributed by atoms with Crippen LogP contribution in [0, 0.1) is 0 Å². The molecule has 23 heavy (non-hydrogen) atoms. The predicted molar refractivity (Wildman–Crippen MR) is 97.3 cm³/mol. The lowest BCUT2D eigenvalue weighted by Gasteiger charge is -2.40. The van der Waals surface area contributed by atoms with E-state index in [1.807, 2.05) is 11.3 Å². The third-order valence-corrected chi connectivity index (χ3v) is 6.32. The molecule has 130 valence electrons. The van der Waals surface area contributed by atoms with E-state index in [0.717, 1.165) is 39.3 Å². The van der Waals surface area contributed by atoms with Gasteiger partial charge in [0.25, 0.3) is 0 Å². The fraction of sp³-hybridized carbons (Fsp3) is 0.778. The van der Waals surface area contributed by atoms with E-state index in [9.17, 15) is 0 Å². The summed E-state index contributed by atoms with van der Waals surface area (Å²) in [5.41, 5.74) is 0. The van der Waals surface area contributed by atoms with Gasteiger partial charge < -0.3 is 4.74 Å². The number of rotatable bonds is 6. The van der Waals surface area contributed by atoms with Crippen LogP contribution < -0.4 is 0 Å². The van der Waals surface area contributed by atoms with E-state index < -0.39 is 0 Å². The molecule has 4 nitrogen and oxygen atoms in total. The highest BCUT2D eigenvalue weighted by Gasteiger charge is 2.23. The molecule has 0 spiro atoms. The summed E-state index contributed by atoms with van der Waals surface area (Å²) in [5.74, 6) is 0. The summed E-state index contributed by atoms with van der Waals surface area (Å²) in [7, 11) is 0. The first-order chi connectivity index (χ1) is 11.2. The topological polar surface area (TPSA) is 19.0 Å². The molecule has 3 heterocycles. The van der Waals surface area contributed by atoms with Gasteiger partial charge in [-0.25, -0.2) is 0 Å². The lowest BCUT2D eigenvalue weighted by Crippen LogP contribution is -2.53. The maximum absolute atomic E-state index is 5.45. The van der Waals surface area contributed by atoms with Crippen molar-refractivity contribution in [2.75, 3.05) is 59.0 Å². The van der Waals surface area contributed by atoms with Crippen LogP contribution in [-0.4, -0.2) is 79.8 Å². The second-order valence-electron chi connectivity index (χ2n) is 6.80. The number of ether oxygens (including phenoxy) is 1. The highest BCUT2D eigenvalue weighted by atomic mass is 32.1.